The second-order valence-electron chi connectivity index (χ2n) is 12.1. The highest BCUT2D eigenvalue weighted by Gasteiger charge is 2.45. The molecule has 3 aromatic heterocycles. The molecule has 1 aromatic carbocycles. The Morgan fingerprint density at radius 3 is 2.60 bits per heavy atom. The van der Waals surface area contributed by atoms with Crippen molar-refractivity contribution < 1.29 is 13.9 Å². The average molecular weight is 591 g/mol. The van der Waals surface area contributed by atoms with E-state index >= 15 is 4.39 Å². The van der Waals surface area contributed by atoms with Crippen LogP contribution < -0.4 is 15.4 Å². The van der Waals surface area contributed by atoms with Gasteiger partial charge in [0.2, 0.25) is 5.95 Å². The summed E-state index contributed by atoms with van der Waals surface area (Å²) in [6.07, 6.45) is 8.37. The lowest BCUT2D eigenvalue weighted by molar-refractivity contribution is 0.0302. The number of fused-ring (bicyclic) bond motifs is 5. The molecule has 2 bridgehead atoms. The zero-order chi connectivity index (χ0) is 28.6. The molecular weight excluding hydrogens is 559 g/mol. The molecule has 8 rings (SSSR count). The van der Waals surface area contributed by atoms with Crippen LogP contribution in [-0.4, -0.2) is 80.4 Å². The van der Waals surface area contributed by atoms with Gasteiger partial charge in [0, 0.05) is 24.7 Å². The summed E-state index contributed by atoms with van der Waals surface area (Å²) < 4.78 is 29.1. The number of morpholine rings is 1. The highest BCUT2D eigenvalue weighted by atomic mass is 35.5. The lowest BCUT2D eigenvalue weighted by atomic mass is 9.95. The van der Waals surface area contributed by atoms with Crippen molar-refractivity contribution in [1.82, 2.24) is 29.8 Å². The quantitative estimate of drug-likeness (QED) is 0.351. The monoisotopic (exact) mass is 590 g/mol. The van der Waals surface area contributed by atoms with Gasteiger partial charge in [-0.3, -0.25) is 9.88 Å². The Bertz CT molecular complexity index is 1720. The Morgan fingerprint density at radius 2 is 1.83 bits per heavy atom. The molecule has 218 valence electrons. The number of rotatable bonds is 5. The van der Waals surface area contributed by atoms with Gasteiger partial charge in [-0.2, -0.15) is 9.97 Å². The SMILES string of the molecule is Cc1ccc2nc(N)nc(-c3ncc4c(N5CC6CCC(C5)O6)nc(OCC56CCCN5CCC6)nc4c3F)c2c1Cl. The first-order valence-corrected chi connectivity index (χ1v) is 15.1. The van der Waals surface area contributed by atoms with Gasteiger partial charge in [-0.05, 0) is 70.2 Å². The molecule has 4 aromatic rings. The number of benzene rings is 1. The number of hydrogen-bond acceptors (Lipinski definition) is 10. The van der Waals surface area contributed by atoms with Crippen LogP contribution in [0.15, 0.2) is 18.3 Å². The Hall–Kier alpha value is -3.41. The fourth-order valence-corrected chi connectivity index (χ4v) is 7.67. The van der Waals surface area contributed by atoms with E-state index in [9.17, 15) is 0 Å². The predicted molar refractivity (Wildman–Crippen MR) is 158 cm³/mol. The molecule has 0 spiro atoms. The van der Waals surface area contributed by atoms with E-state index < -0.39 is 5.82 Å². The average Bonchev–Trinajstić information content (AvgIpc) is 3.67. The van der Waals surface area contributed by atoms with Crippen molar-refractivity contribution in [2.75, 3.05) is 43.4 Å². The largest absolute Gasteiger partial charge is 0.461 e. The number of pyridine rings is 1. The molecule has 0 aliphatic carbocycles. The molecule has 2 atom stereocenters. The third-order valence-corrected chi connectivity index (χ3v) is 9.99. The predicted octanol–water partition coefficient (Wildman–Crippen LogP) is 4.69. The van der Waals surface area contributed by atoms with Crippen LogP contribution in [0, 0.1) is 12.7 Å². The number of aryl methyl sites for hydroxylation is 1. The highest BCUT2D eigenvalue weighted by Crippen LogP contribution is 2.41. The van der Waals surface area contributed by atoms with Crippen LogP contribution in [0.4, 0.5) is 16.2 Å². The summed E-state index contributed by atoms with van der Waals surface area (Å²) in [5.41, 5.74) is 7.74. The topological polar surface area (TPSA) is 115 Å². The van der Waals surface area contributed by atoms with Gasteiger partial charge in [-0.1, -0.05) is 17.7 Å². The van der Waals surface area contributed by atoms with Crippen LogP contribution >= 0.6 is 11.6 Å². The van der Waals surface area contributed by atoms with Crippen LogP contribution in [0.1, 0.15) is 44.1 Å². The van der Waals surface area contributed by atoms with E-state index in [0.29, 0.717) is 46.8 Å². The molecule has 4 saturated heterocycles. The van der Waals surface area contributed by atoms with Gasteiger partial charge in [-0.15, -0.1) is 0 Å². The fourth-order valence-electron chi connectivity index (χ4n) is 7.42. The van der Waals surface area contributed by atoms with Crippen molar-refractivity contribution in [3.05, 3.63) is 34.7 Å². The molecule has 2 unspecified atom stereocenters. The van der Waals surface area contributed by atoms with Crippen molar-refractivity contribution in [2.45, 2.75) is 63.2 Å². The normalized spacial score (nSPS) is 23.3. The molecule has 12 heteroatoms. The number of hydrogen-bond donors (Lipinski definition) is 1. The van der Waals surface area contributed by atoms with Gasteiger partial charge in [0.05, 0.1) is 33.7 Å². The third kappa shape index (κ3) is 4.16. The van der Waals surface area contributed by atoms with Gasteiger partial charge in [0.25, 0.3) is 0 Å². The van der Waals surface area contributed by atoms with Crippen LogP contribution in [0.5, 0.6) is 6.01 Å². The number of ether oxygens (including phenoxy) is 2. The summed E-state index contributed by atoms with van der Waals surface area (Å²) in [7, 11) is 0. The first-order valence-electron chi connectivity index (χ1n) is 14.8. The van der Waals surface area contributed by atoms with Gasteiger partial charge in [0.1, 0.15) is 29.3 Å². The zero-order valence-electron chi connectivity index (χ0n) is 23.4. The maximum Gasteiger partial charge on any atom is 0.319 e. The minimum absolute atomic E-state index is 0.00287. The summed E-state index contributed by atoms with van der Waals surface area (Å²) in [5.74, 6) is -0.0103. The number of nitrogens with two attached hydrogens (primary N) is 1. The first-order chi connectivity index (χ1) is 20.4. The Labute approximate surface area is 247 Å². The van der Waals surface area contributed by atoms with Crippen molar-refractivity contribution in [2.24, 2.45) is 0 Å². The molecule has 0 radical (unpaired) electrons. The number of aromatic nitrogens is 5. The molecule has 0 saturated carbocycles. The maximum absolute atomic E-state index is 16.7. The first kappa shape index (κ1) is 26.2. The molecule has 4 aliphatic rings. The Morgan fingerprint density at radius 1 is 1.07 bits per heavy atom. The fraction of sp³-hybridized carbons (Fsp3) is 0.500. The second kappa shape index (κ2) is 9.82. The van der Waals surface area contributed by atoms with E-state index in [1.807, 2.05) is 13.0 Å². The molecule has 4 fully saturated rings. The van der Waals surface area contributed by atoms with E-state index in [-0.39, 0.29) is 46.6 Å². The summed E-state index contributed by atoms with van der Waals surface area (Å²) >= 11 is 6.70. The van der Waals surface area contributed by atoms with Crippen LogP contribution in [-0.2, 0) is 4.74 Å². The van der Waals surface area contributed by atoms with Gasteiger partial charge < -0.3 is 20.1 Å². The van der Waals surface area contributed by atoms with E-state index in [0.717, 1.165) is 57.2 Å². The molecule has 0 amide bonds. The van der Waals surface area contributed by atoms with E-state index in [1.54, 1.807) is 12.3 Å². The summed E-state index contributed by atoms with van der Waals surface area (Å²) in [4.78, 5) is 27.5. The van der Waals surface area contributed by atoms with E-state index in [1.165, 1.54) is 0 Å². The summed E-state index contributed by atoms with van der Waals surface area (Å²) in [6.45, 7) is 5.88. The van der Waals surface area contributed by atoms with Crippen molar-refractivity contribution >= 4 is 45.2 Å². The maximum atomic E-state index is 16.7. The van der Waals surface area contributed by atoms with E-state index in [4.69, 9.17) is 31.8 Å². The molecular formula is C30H32ClFN8O2. The zero-order valence-corrected chi connectivity index (χ0v) is 24.2. The van der Waals surface area contributed by atoms with Gasteiger partial charge in [0.15, 0.2) is 5.82 Å². The van der Waals surface area contributed by atoms with Crippen molar-refractivity contribution in [1.29, 1.82) is 0 Å². The Balaban J connectivity index is 1.27. The minimum atomic E-state index is -0.629. The number of anilines is 2. The van der Waals surface area contributed by atoms with Gasteiger partial charge in [-0.25, -0.2) is 14.4 Å². The van der Waals surface area contributed by atoms with Gasteiger partial charge >= 0.3 is 6.01 Å². The molecule has 42 heavy (non-hydrogen) atoms. The third-order valence-electron chi connectivity index (χ3n) is 9.50. The number of nitrogens with zero attached hydrogens (tertiary/aromatic N) is 7. The molecule has 10 nitrogen and oxygen atoms in total. The number of halogens is 2. The summed E-state index contributed by atoms with van der Waals surface area (Å²) in [5, 5.41) is 1.44. The standard InChI is InChI=1S/C30H32ClFN8O2/c1-16-4-7-20-21(22(16)31)25(36-28(33)35-20)26-23(32)24-19(12-34-26)27(39-13-17-5-6-18(14-39)42-17)38-29(37-24)41-15-30-8-2-10-40(30)11-3-9-30/h4,7,12,17-18H,2-3,5-6,8-11,13-15H2,1H3,(H2,33,35,36). The molecule has 2 N–H and O–H groups in total. The minimum Gasteiger partial charge on any atom is -0.461 e. The number of nitrogen functional groups attached to an aromatic ring is 1. The van der Waals surface area contributed by atoms with Crippen molar-refractivity contribution in [3.8, 4) is 17.4 Å². The second-order valence-corrected chi connectivity index (χ2v) is 12.5. The Kier molecular flexibility index (Phi) is 6.13. The lowest BCUT2D eigenvalue weighted by Gasteiger charge is -2.34. The highest BCUT2D eigenvalue weighted by molar-refractivity contribution is 6.37. The van der Waals surface area contributed by atoms with E-state index in [2.05, 4.69) is 29.7 Å². The lowest BCUT2D eigenvalue weighted by Crippen LogP contribution is -2.44. The molecule has 4 aliphatic heterocycles. The molecule has 7 heterocycles. The van der Waals surface area contributed by atoms with Crippen LogP contribution in [0.2, 0.25) is 5.02 Å². The van der Waals surface area contributed by atoms with Crippen LogP contribution in [0.25, 0.3) is 33.2 Å². The van der Waals surface area contributed by atoms with Crippen molar-refractivity contribution in [3.63, 3.8) is 0 Å². The smallest absolute Gasteiger partial charge is 0.319 e. The summed E-state index contributed by atoms with van der Waals surface area (Å²) in [6, 6.07) is 3.81. The van der Waals surface area contributed by atoms with Crippen LogP contribution in [0.3, 0.4) is 0 Å².